The monoisotopic (exact) mass is 335 g/mol. The van der Waals surface area contributed by atoms with Crippen molar-refractivity contribution in [2.75, 3.05) is 20.2 Å². The Morgan fingerprint density at radius 2 is 2.16 bits per heavy atom. The highest BCUT2D eigenvalue weighted by Gasteiger charge is 2.60. The molecule has 130 valence electrons. The summed E-state index contributed by atoms with van der Waals surface area (Å²) >= 11 is 0. The Kier molecular flexibility index (Phi) is 3.27. The first kappa shape index (κ1) is 15.4. The van der Waals surface area contributed by atoms with Crippen LogP contribution in [-0.2, 0) is 21.4 Å². The van der Waals surface area contributed by atoms with E-state index in [4.69, 9.17) is 4.74 Å². The molecular formula is C22H25NO2. The van der Waals surface area contributed by atoms with Gasteiger partial charge < -0.3 is 4.74 Å². The second-order valence-corrected chi connectivity index (χ2v) is 7.90. The lowest BCUT2D eigenvalue weighted by Crippen LogP contribution is -2.55. The minimum Gasteiger partial charge on any atom is -0.466 e. The maximum Gasteiger partial charge on any atom is 0.334 e. The minimum atomic E-state index is -0.100. The molecule has 3 nitrogen and oxygen atoms in total. The molecule has 2 aliphatic carbocycles. The fraction of sp³-hybridized carbons (Fsp3) is 0.500. The highest BCUT2D eigenvalue weighted by molar-refractivity contribution is 5.92. The number of rotatable bonds is 1. The molecule has 1 spiro atoms. The third-order valence-electron chi connectivity index (χ3n) is 7.23. The number of aryl methyl sites for hydroxylation is 1. The standard InChI is InChI=1S/C22H25NO2/c1-3-14-13-23-11-10-22-17-7-5-4-6-15(17)8-9-18(22)20(21(24)25-2)16(14)12-19(22)23/h3-7,16,19H,8-13H2,1-2H3/b14-3-/t16?,19-,22-/m0/s1. The van der Waals surface area contributed by atoms with Crippen molar-refractivity contribution in [3.63, 3.8) is 0 Å². The third-order valence-corrected chi connectivity index (χ3v) is 7.23. The van der Waals surface area contributed by atoms with Crippen molar-refractivity contribution >= 4 is 5.97 Å². The zero-order valence-corrected chi connectivity index (χ0v) is 15.0. The van der Waals surface area contributed by atoms with Crippen LogP contribution in [-0.4, -0.2) is 37.1 Å². The molecule has 2 saturated heterocycles. The highest BCUT2D eigenvalue weighted by atomic mass is 16.5. The average molecular weight is 335 g/mol. The molecule has 1 unspecified atom stereocenters. The molecule has 0 amide bonds. The Bertz CT molecular complexity index is 821. The molecule has 25 heavy (non-hydrogen) atoms. The molecule has 2 fully saturated rings. The number of fused-ring (bicyclic) bond motifs is 2. The van der Waals surface area contributed by atoms with Gasteiger partial charge in [0, 0.05) is 36.0 Å². The summed E-state index contributed by atoms with van der Waals surface area (Å²) in [4.78, 5) is 15.5. The number of methoxy groups -OCH3 is 1. The van der Waals surface area contributed by atoms with Crippen LogP contribution in [0, 0.1) is 5.92 Å². The molecule has 3 heteroatoms. The van der Waals surface area contributed by atoms with Crippen molar-refractivity contribution in [3.8, 4) is 0 Å². The van der Waals surface area contributed by atoms with Crippen LogP contribution < -0.4 is 0 Å². The first-order valence-electron chi connectivity index (χ1n) is 9.50. The zero-order valence-electron chi connectivity index (χ0n) is 15.0. The van der Waals surface area contributed by atoms with E-state index in [-0.39, 0.29) is 17.3 Å². The van der Waals surface area contributed by atoms with Crippen LogP contribution in [0.3, 0.4) is 0 Å². The second-order valence-electron chi connectivity index (χ2n) is 7.90. The number of benzene rings is 1. The Hall–Kier alpha value is -1.87. The Labute approximate surface area is 149 Å². The van der Waals surface area contributed by atoms with Crippen molar-refractivity contribution in [1.29, 1.82) is 0 Å². The quantitative estimate of drug-likeness (QED) is 0.582. The molecule has 4 aliphatic rings. The number of allylic oxidation sites excluding steroid dienone is 1. The fourth-order valence-corrected chi connectivity index (χ4v) is 6.25. The molecule has 2 bridgehead atoms. The van der Waals surface area contributed by atoms with Crippen molar-refractivity contribution in [2.24, 2.45) is 5.92 Å². The normalized spacial score (nSPS) is 34.7. The van der Waals surface area contributed by atoms with E-state index in [0.29, 0.717) is 6.04 Å². The summed E-state index contributed by atoms with van der Waals surface area (Å²) in [7, 11) is 1.53. The summed E-state index contributed by atoms with van der Waals surface area (Å²) in [5.41, 5.74) is 6.77. The summed E-state index contributed by atoms with van der Waals surface area (Å²) in [5.74, 6) is 0.155. The number of nitrogens with zero attached hydrogens (tertiary/aromatic N) is 1. The molecule has 0 aromatic heterocycles. The van der Waals surface area contributed by atoms with Crippen LogP contribution >= 0.6 is 0 Å². The van der Waals surface area contributed by atoms with Crippen LogP contribution in [0.4, 0.5) is 0 Å². The number of piperidine rings is 1. The van der Waals surface area contributed by atoms with Gasteiger partial charge in [-0.3, -0.25) is 4.90 Å². The molecule has 1 aromatic rings. The van der Waals surface area contributed by atoms with Gasteiger partial charge in [-0.2, -0.15) is 0 Å². The SMILES string of the molecule is C/C=C1/CN2CC[C@]34C(=C(C(=O)OC)C1C[C@H]23)CCc1ccccc14. The fourth-order valence-electron chi connectivity index (χ4n) is 6.25. The Morgan fingerprint density at radius 3 is 2.96 bits per heavy atom. The summed E-state index contributed by atoms with van der Waals surface area (Å²) in [6.07, 6.45) is 6.46. The third kappa shape index (κ3) is 1.82. The van der Waals surface area contributed by atoms with Crippen molar-refractivity contribution in [1.82, 2.24) is 4.90 Å². The van der Waals surface area contributed by atoms with E-state index in [9.17, 15) is 4.79 Å². The lowest BCUT2D eigenvalue weighted by atomic mass is 9.54. The number of carbonyl (C=O) groups is 1. The van der Waals surface area contributed by atoms with Gasteiger partial charge in [-0.05, 0) is 49.3 Å². The molecule has 2 aliphatic heterocycles. The summed E-state index contributed by atoms with van der Waals surface area (Å²) in [5, 5.41) is 0. The molecule has 5 rings (SSSR count). The van der Waals surface area contributed by atoms with Crippen molar-refractivity contribution in [3.05, 3.63) is 58.2 Å². The van der Waals surface area contributed by atoms with Gasteiger partial charge in [-0.25, -0.2) is 4.79 Å². The first-order chi connectivity index (χ1) is 12.2. The van der Waals surface area contributed by atoms with Crippen LogP contribution in [0.5, 0.6) is 0 Å². The number of ether oxygens (including phenoxy) is 1. The summed E-state index contributed by atoms with van der Waals surface area (Å²) in [6, 6.07) is 9.46. The zero-order chi connectivity index (χ0) is 17.2. The van der Waals surface area contributed by atoms with E-state index >= 15 is 0 Å². The van der Waals surface area contributed by atoms with Gasteiger partial charge in [0.1, 0.15) is 0 Å². The van der Waals surface area contributed by atoms with Crippen LogP contribution in [0.2, 0.25) is 0 Å². The molecule has 2 heterocycles. The molecule has 0 saturated carbocycles. The Morgan fingerprint density at radius 1 is 1.32 bits per heavy atom. The average Bonchev–Trinajstić information content (AvgIpc) is 3.06. The molecule has 0 radical (unpaired) electrons. The highest BCUT2D eigenvalue weighted by Crippen LogP contribution is 2.60. The van der Waals surface area contributed by atoms with Gasteiger partial charge in [0.15, 0.2) is 0 Å². The van der Waals surface area contributed by atoms with E-state index in [1.807, 2.05) is 0 Å². The predicted molar refractivity (Wildman–Crippen MR) is 97.3 cm³/mol. The second kappa shape index (κ2) is 5.31. The van der Waals surface area contributed by atoms with E-state index < -0.39 is 0 Å². The number of hydrogen-bond acceptors (Lipinski definition) is 3. The van der Waals surface area contributed by atoms with Crippen LogP contribution in [0.15, 0.2) is 47.1 Å². The van der Waals surface area contributed by atoms with Gasteiger partial charge in [0.25, 0.3) is 0 Å². The summed E-state index contributed by atoms with van der Waals surface area (Å²) < 4.78 is 5.28. The van der Waals surface area contributed by atoms with Crippen LogP contribution in [0.1, 0.15) is 37.3 Å². The lowest BCUT2D eigenvalue weighted by molar-refractivity contribution is -0.137. The van der Waals surface area contributed by atoms with E-state index in [1.54, 1.807) is 0 Å². The number of esters is 1. The number of hydrogen-bond donors (Lipinski definition) is 0. The molecule has 1 aromatic carbocycles. The van der Waals surface area contributed by atoms with Crippen molar-refractivity contribution in [2.45, 2.75) is 44.1 Å². The van der Waals surface area contributed by atoms with Crippen LogP contribution in [0.25, 0.3) is 0 Å². The van der Waals surface area contributed by atoms with Gasteiger partial charge in [-0.1, -0.05) is 35.9 Å². The maximum atomic E-state index is 12.8. The lowest BCUT2D eigenvalue weighted by Gasteiger charge is -2.53. The van der Waals surface area contributed by atoms with E-state index in [0.717, 1.165) is 44.3 Å². The van der Waals surface area contributed by atoms with Gasteiger partial charge in [0.2, 0.25) is 0 Å². The molecule has 3 atom stereocenters. The van der Waals surface area contributed by atoms with E-state index in [2.05, 4.69) is 42.2 Å². The predicted octanol–water partition coefficient (Wildman–Crippen LogP) is 3.39. The molecular weight excluding hydrogens is 310 g/mol. The summed E-state index contributed by atoms with van der Waals surface area (Å²) in [6.45, 7) is 4.24. The first-order valence-corrected chi connectivity index (χ1v) is 9.50. The minimum absolute atomic E-state index is 0.0359. The maximum absolute atomic E-state index is 12.8. The smallest absolute Gasteiger partial charge is 0.334 e. The van der Waals surface area contributed by atoms with Crippen molar-refractivity contribution < 1.29 is 9.53 Å². The largest absolute Gasteiger partial charge is 0.466 e. The van der Waals surface area contributed by atoms with Gasteiger partial charge in [-0.15, -0.1) is 0 Å². The van der Waals surface area contributed by atoms with E-state index in [1.165, 1.54) is 29.4 Å². The topological polar surface area (TPSA) is 29.5 Å². The van der Waals surface area contributed by atoms with Gasteiger partial charge in [0.05, 0.1) is 7.11 Å². The molecule has 0 N–H and O–H groups in total. The number of carbonyl (C=O) groups excluding carboxylic acids is 1. The van der Waals surface area contributed by atoms with Gasteiger partial charge >= 0.3 is 5.97 Å². The Balaban J connectivity index is 1.82.